The van der Waals surface area contributed by atoms with Crippen molar-refractivity contribution >= 4 is 21.6 Å². The molecule has 5 nitrogen and oxygen atoms in total. The highest BCUT2D eigenvalue weighted by molar-refractivity contribution is 7.89. The van der Waals surface area contributed by atoms with Gasteiger partial charge in [-0.05, 0) is 35.9 Å². The van der Waals surface area contributed by atoms with Gasteiger partial charge in [-0.2, -0.15) is 0 Å². The molecule has 2 aromatic carbocycles. The monoisotopic (exact) mass is 355 g/mol. The van der Waals surface area contributed by atoms with Gasteiger partial charge < -0.3 is 10.1 Å². The van der Waals surface area contributed by atoms with Crippen molar-refractivity contribution in [2.24, 2.45) is 5.14 Å². The van der Waals surface area contributed by atoms with Gasteiger partial charge in [-0.3, -0.25) is 0 Å². The van der Waals surface area contributed by atoms with E-state index in [9.17, 15) is 8.42 Å². The van der Waals surface area contributed by atoms with Gasteiger partial charge in [-0.1, -0.05) is 23.7 Å². The predicted molar refractivity (Wildman–Crippen MR) is 90.0 cm³/mol. The van der Waals surface area contributed by atoms with Crippen molar-refractivity contribution in [2.45, 2.75) is 17.9 Å². The van der Waals surface area contributed by atoms with Crippen LogP contribution in [0.15, 0.2) is 47.4 Å². The molecule has 7 heteroatoms. The number of ether oxygens (including phenoxy) is 1. The van der Waals surface area contributed by atoms with E-state index in [0.29, 0.717) is 5.02 Å². The van der Waals surface area contributed by atoms with E-state index in [0.717, 1.165) is 36.4 Å². The Labute approximate surface area is 141 Å². The number of quaternary nitrogens is 1. The Hall–Kier alpha value is -1.60. The SMILES string of the molecule is COc1ccc(Cl)cc1C[NH2+]CCc1ccc(S(N)(=O)=O)cc1. The third-order valence-electron chi connectivity index (χ3n) is 3.50. The Kier molecular flexibility index (Phi) is 6.01. The Morgan fingerprint density at radius 1 is 1.17 bits per heavy atom. The quantitative estimate of drug-likeness (QED) is 0.734. The van der Waals surface area contributed by atoms with E-state index in [2.05, 4.69) is 5.32 Å². The van der Waals surface area contributed by atoms with Crippen LogP contribution in [0.3, 0.4) is 0 Å². The largest absolute Gasteiger partial charge is 0.496 e. The van der Waals surface area contributed by atoms with Crippen LogP contribution >= 0.6 is 11.6 Å². The number of primary sulfonamides is 1. The first-order valence-corrected chi connectivity index (χ1v) is 9.08. The van der Waals surface area contributed by atoms with Crippen LogP contribution in [0.1, 0.15) is 11.1 Å². The average Bonchev–Trinajstić information content (AvgIpc) is 2.51. The molecule has 0 radical (unpaired) electrons. The lowest BCUT2D eigenvalue weighted by molar-refractivity contribution is -0.670. The van der Waals surface area contributed by atoms with E-state index >= 15 is 0 Å². The van der Waals surface area contributed by atoms with Crippen LogP contribution in [0.2, 0.25) is 5.02 Å². The van der Waals surface area contributed by atoms with Gasteiger partial charge in [-0.25, -0.2) is 13.6 Å². The normalized spacial score (nSPS) is 11.4. The molecule has 0 saturated heterocycles. The number of benzene rings is 2. The molecule has 0 aliphatic rings. The molecule has 0 amide bonds. The van der Waals surface area contributed by atoms with Crippen LogP contribution in [0.4, 0.5) is 0 Å². The highest BCUT2D eigenvalue weighted by Gasteiger charge is 2.08. The third-order valence-corrected chi connectivity index (χ3v) is 4.66. The molecule has 0 bridgehead atoms. The molecule has 0 aliphatic carbocycles. The molecule has 0 saturated carbocycles. The summed E-state index contributed by atoms with van der Waals surface area (Å²) in [4.78, 5) is 0.133. The molecule has 0 heterocycles. The summed E-state index contributed by atoms with van der Waals surface area (Å²) in [5, 5.41) is 7.92. The zero-order valence-electron chi connectivity index (χ0n) is 12.8. The van der Waals surface area contributed by atoms with E-state index < -0.39 is 10.0 Å². The van der Waals surface area contributed by atoms with Gasteiger partial charge in [0.1, 0.15) is 12.3 Å². The fourth-order valence-corrected chi connectivity index (χ4v) is 2.99. The first kappa shape index (κ1) is 17.7. The highest BCUT2D eigenvalue weighted by Crippen LogP contribution is 2.21. The summed E-state index contributed by atoms with van der Waals surface area (Å²) in [6.45, 7) is 1.63. The van der Waals surface area contributed by atoms with Gasteiger partial charge in [0.05, 0.1) is 18.6 Å². The molecular formula is C16H20ClN2O3S+. The number of halogens is 1. The third kappa shape index (κ3) is 5.21. The Morgan fingerprint density at radius 3 is 2.48 bits per heavy atom. The van der Waals surface area contributed by atoms with Crippen LogP contribution in [0, 0.1) is 0 Å². The molecular weight excluding hydrogens is 336 g/mol. The van der Waals surface area contributed by atoms with Crippen molar-refractivity contribution in [2.75, 3.05) is 13.7 Å². The number of rotatable bonds is 7. The number of hydrogen-bond acceptors (Lipinski definition) is 3. The lowest BCUT2D eigenvalue weighted by Crippen LogP contribution is -2.83. The number of hydrogen-bond donors (Lipinski definition) is 2. The minimum absolute atomic E-state index is 0.133. The molecule has 2 aromatic rings. The van der Waals surface area contributed by atoms with Crippen molar-refractivity contribution in [1.29, 1.82) is 0 Å². The molecule has 0 atom stereocenters. The number of nitrogens with two attached hydrogens (primary N) is 2. The molecule has 0 fully saturated rings. The Balaban J connectivity index is 1.87. The summed E-state index contributed by atoms with van der Waals surface area (Å²) in [7, 11) is -1.99. The standard InChI is InChI=1S/C16H19ClN2O3S/c1-22-16-7-4-14(17)10-13(16)11-19-9-8-12-2-5-15(6-3-12)23(18,20)21/h2-7,10,19H,8-9,11H2,1H3,(H2,18,20,21)/p+1. The summed E-state index contributed by atoms with van der Waals surface area (Å²) < 4.78 is 27.7. The van der Waals surface area contributed by atoms with E-state index in [-0.39, 0.29) is 4.90 Å². The van der Waals surface area contributed by atoms with E-state index in [4.69, 9.17) is 21.5 Å². The van der Waals surface area contributed by atoms with Gasteiger partial charge in [0.2, 0.25) is 10.0 Å². The summed E-state index contributed by atoms with van der Waals surface area (Å²) in [6, 6.07) is 12.2. The van der Waals surface area contributed by atoms with Crippen LogP contribution < -0.4 is 15.2 Å². The van der Waals surface area contributed by atoms with Crippen molar-refractivity contribution < 1.29 is 18.5 Å². The van der Waals surface area contributed by atoms with E-state index in [1.54, 1.807) is 25.3 Å². The fourth-order valence-electron chi connectivity index (χ4n) is 2.28. The second-order valence-electron chi connectivity index (χ2n) is 5.18. The van der Waals surface area contributed by atoms with Crippen LogP contribution in [0.25, 0.3) is 0 Å². The number of sulfonamides is 1. The van der Waals surface area contributed by atoms with E-state index in [1.807, 2.05) is 12.1 Å². The topological polar surface area (TPSA) is 86.0 Å². The van der Waals surface area contributed by atoms with Crippen molar-refractivity contribution in [3.05, 3.63) is 58.6 Å². The molecule has 124 valence electrons. The minimum Gasteiger partial charge on any atom is -0.496 e. The van der Waals surface area contributed by atoms with Crippen LogP contribution in [0.5, 0.6) is 5.75 Å². The van der Waals surface area contributed by atoms with Crippen LogP contribution in [-0.4, -0.2) is 22.1 Å². The molecule has 0 aromatic heterocycles. The highest BCUT2D eigenvalue weighted by atomic mass is 35.5. The van der Waals surface area contributed by atoms with Crippen molar-refractivity contribution in [3.8, 4) is 5.75 Å². The second-order valence-corrected chi connectivity index (χ2v) is 7.17. The zero-order valence-corrected chi connectivity index (χ0v) is 14.4. The lowest BCUT2D eigenvalue weighted by atomic mass is 10.1. The summed E-state index contributed by atoms with van der Waals surface area (Å²) >= 11 is 6.01. The Bertz CT molecular complexity index is 761. The molecule has 2 rings (SSSR count). The molecule has 0 spiro atoms. The smallest absolute Gasteiger partial charge is 0.238 e. The number of methoxy groups -OCH3 is 1. The molecule has 4 N–H and O–H groups in total. The van der Waals surface area contributed by atoms with Gasteiger partial charge in [-0.15, -0.1) is 0 Å². The summed E-state index contributed by atoms with van der Waals surface area (Å²) in [6.07, 6.45) is 0.827. The first-order chi connectivity index (χ1) is 10.9. The maximum atomic E-state index is 11.2. The van der Waals surface area contributed by atoms with Crippen LogP contribution in [-0.2, 0) is 23.0 Å². The van der Waals surface area contributed by atoms with Gasteiger partial charge in [0.15, 0.2) is 0 Å². The zero-order chi connectivity index (χ0) is 16.9. The second kappa shape index (κ2) is 7.79. The summed E-state index contributed by atoms with van der Waals surface area (Å²) in [5.41, 5.74) is 2.11. The average molecular weight is 356 g/mol. The van der Waals surface area contributed by atoms with Crippen molar-refractivity contribution in [1.82, 2.24) is 0 Å². The maximum absolute atomic E-state index is 11.2. The van der Waals surface area contributed by atoms with Gasteiger partial charge in [0.25, 0.3) is 0 Å². The van der Waals surface area contributed by atoms with Gasteiger partial charge >= 0.3 is 0 Å². The van der Waals surface area contributed by atoms with Crippen molar-refractivity contribution in [3.63, 3.8) is 0 Å². The maximum Gasteiger partial charge on any atom is 0.238 e. The molecule has 0 unspecified atom stereocenters. The first-order valence-electron chi connectivity index (χ1n) is 7.16. The predicted octanol–water partition coefficient (Wildman–Crippen LogP) is 1.30. The summed E-state index contributed by atoms with van der Waals surface area (Å²) in [5.74, 6) is 0.822. The van der Waals surface area contributed by atoms with E-state index in [1.165, 1.54) is 12.1 Å². The minimum atomic E-state index is -3.63. The molecule has 0 aliphatic heterocycles. The fraction of sp³-hybridized carbons (Fsp3) is 0.250. The van der Waals surface area contributed by atoms with Gasteiger partial charge in [0, 0.05) is 17.0 Å². The Morgan fingerprint density at radius 2 is 1.87 bits per heavy atom. The lowest BCUT2D eigenvalue weighted by Gasteiger charge is -2.08. The molecule has 23 heavy (non-hydrogen) atoms.